The minimum Gasteiger partial charge on any atom is -0.358 e. The molecule has 1 rings (SSSR count). The third-order valence-electron chi connectivity index (χ3n) is 2.58. The van der Waals surface area contributed by atoms with Crippen LogP contribution in [-0.4, -0.2) is 34.8 Å². The van der Waals surface area contributed by atoms with Gasteiger partial charge in [0.05, 0.1) is 5.84 Å². The second-order valence-electron chi connectivity index (χ2n) is 3.58. The van der Waals surface area contributed by atoms with Crippen LogP contribution in [0.1, 0.15) is 33.1 Å². The maximum atomic E-state index is 7.74. The molecular weight excluding hydrogens is 180 g/mol. The molecule has 1 unspecified atom stereocenters. The van der Waals surface area contributed by atoms with Crippen molar-refractivity contribution in [1.29, 1.82) is 5.41 Å². The van der Waals surface area contributed by atoms with Crippen LogP contribution in [-0.2, 0) is 0 Å². The van der Waals surface area contributed by atoms with E-state index < -0.39 is 0 Å². The van der Waals surface area contributed by atoms with Crippen LogP contribution in [0.4, 0.5) is 0 Å². The van der Waals surface area contributed by atoms with Crippen molar-refractivity contribution in [1.82, 2.24) is 4.90 Å². The van der Waals surface area contributed by atoms with Gasteiger partial charge in [-0.25, -0.2) is 0 Å². The predicted octanol–water partition coefficient (Wildman–Crippen LogP) is 2.59. The maximum absolute atomic E-state index is 7.74. The van der Waals surface area contributed by atoms with Gasteiger partial charge < -0.3 is 4.90 Å². The standard InChI is InChI=1S/C10H20N2S/c1-3-13-8-6-9(2)12-7-4-5-10(12)11/h9,11H,3-8H2,1-2H3. The Kier molecular flexibility index (Phi) is 4.64. The molecular formula is C10H20N2S. The molecule has 1 aliphatic rings. The summed E-state index contributed by atoms with van der Waals surface area (Å²) in [5.41, 5.74) is 0. The van der Waals surface area contributed by atoms with E-state index in [1.807, 2.05) is 11.8 Å². The van der Waals surface area contributed by atoms with E-state index in [4.69, 9.17) is 5.41 Å². The van der Waals surface area contributed by atoms with E-state index in [9.17, 15) is 0 Å². The summed E-state index contributed by atoms with van der Waals surface area (Å²) >= 11 is 2.00. The molecule has 0 bridgehead atoms. The summed E-state index contributed by atoms with van der Waals surface area (Å²) in [4.78, 5) is 2.26. The number of hydrogen-bond donors (Lipinski definition) is 1. The third kappa shape index (κ3) is 3.22. The highest BCUT2D eigenvalue weighted by molar-refractivity contribution is 7.99. The van der Waals surface area contributed by atoms with Crippen molar-refractivity contribution in [3.63, 3.8) is 0 Å². The fourth-order valence-electron chi connectivity index (χ4n) is 1.74. The van der Waals surface area contributed by atoms with Crippen molar-refractivity contribution in [2.45, 2.75) is 39.2 Å². The SMILES string of the molecule is CCSCCC(C)N1CCCC1=N. The minimum atomic E-state index is 0.578. The maximum Gasteiger partial charge on any atom is 0.0960 e. The molecule has 1 heterocycles. The van der Waals surface area contributed by atoms with Crippen LogP contribution in [0, 0.1) is 5.41 Å². The fourth-order valence-corrected chi connectivity index (χ4v) is 2.53. The Labute approximate surface area is 85.6 Å². The summed E-state index contributed by atoms with van der Waals surface area (Å²) in [6.45, 7) is 5.56. The van der Waals surface area contributed by atoms with Gasteiger partial charge in [-0.3, -0.25) is 5.41 Å². The van der Waals surface area contributed by atoms with E-state index in [0.29, 0.717) is 6.04 Å². The molecule has 0 spiro atoms. The third-order valence-corrected chi connectivity index (χ3v) is 3.51. The smallest absolute Gasteiger partial charge is 0.0960 e. The highest BCUT2D eigenvalue weighted by Gasteiger charge is 2.21. The molecule has 13 heavy (non-hydrogen) atoms. The Bertz CT molecular complexity index is 170. The summed E-state index contributed by atoms with van der Waals surface area (Å²) < 4.78 is 0. The molecule has 1 N–H and O–H groups in total. The number of rotatable bonds is 5. The van der Waals surface area contributed by atoms with Crippen LogP contribution in [0.25, 0.3) is 0 Å². The Morgan fingerprint density at radius 3 is 2.92 bits per heavy atom. The van der Waals surface area contributed by atoms with E-state index in [0.717, 1.165) is 18.8 Å². The minimum absolute atomic E-state index is 0.578. The summed E-state index contributed by atoms with van der Waals surface area (Å²) in [6.07, 6.45) is 3.40. The molecule has 0 aromatic carbocycles. The van der Waals surface area contributed by atoms with Gasteiger partial charge in [0.1, 0.15) is 0 Å². The first-order chi connectivity index (χ1) is 6.25. The van der Waals surface area contributed by atoms with Gasteiger partial charge in [0, 0.05) is 19.0 Å². The lowest BCUT2D eigenvalue weighted by Crippen LogP contribution is -2.33. The van der Waals surface area contributed by atoms with Crippen LogP contribution < -0.4 is 0 Å². The zero-order valence-corrected chi connectivity index (χ0v) is 9.49. The lowest BCUT2D eigenvalue weighted by atomic mass is 10.2. The quantitative estimate of drug-likeness (QED) is 0.691. The molecule has 0 saturated carbocycles. The van der Waals surface area contributed by atoms with Gasteiger partial charge in [-0.1, -0.05) is 6.92 Å². The number of likely N-dealkylation sites (tertiary alicyclic amines) is 1. The van der Waals surface area contributed by atoms with Crippen LogP contribution in [0.2, 0.25) is 0 Å². The van der Waals surface area contributed by atoms with Crippen molar-refractivity contribution in [3.8, 4) is 0 Å². The summed E-state index contributed by atoms with van der Waals surface area (Å²) in [7, 11) is 0. The van der Waals surface area contributed by atoms with Crippen molar-refractivity contribution >= 4 is 17.6 Å². The molecule has 1 fully saturated rings. The highest BCUT2D eigenvalue weighted by atomic mass is 32.2. The number of hydrogen-bond acceptors (Lipinski definition) is 2. The van der Waals surface area contributed by atoms with Crippen LogP contribution in [0.5, 0.6) is 0 Å². The average Bonchev–Trinajstić information content (AvgIpc) is 2.52. The van der Waals surface area contributed by atoms with Gasteiger partial charge in [-0.05, 0) is 31.3 Å². The Morgan fingerprint density at radius 2 is 2.38 bits per heavy atom. The van der Waals surface area contributed by atoms with Gasteiger partial charge in [-0.15, -0.1) is 0 Å². The monoisotopic (exact) mass is 200 g/mol. The summed E-state index contributed by atoms with van der Waals surface area (Å²) in [5.74, 6) is 3.31. The van der Waals surface area contributed by atoms with Gasteiger partial charge in [0.25, 0.3) is 0 Å². The molecule has 0 aromatic heterocycles. The number of nitrogens with zero attached hydrogens (tertiary/aromatic N) is 1. The molecule has 1 aliphatic heterocycles. The van der Waals surface area contributed by atoms with Crippen molar-refractivity contribution in [2.24, 2.45) is 0 Å². The lowest BCUT2D eigenvalue weighted by molar-refractivity contribution is 0.347. The average molecular weight is 200 g/mol. The second kappa shape index (κ2) is 5.53. The molecule has 3 heteroatoms. The second-order valence-corrected chi connectivity index (χ2v) is 4.97. The molecule has 0 amide bonds. The van der Waals surface area contributed by atoms with Crippen LogP contribution >= 0.6 is 11.8 Å². The van der Waals surface area contributed by atoms with E-state index >= 15 is 0 Å². The van der Waals surface area contributed by atoms with Gasteiger partial charge in [0.2, 0.25) is 0 Å². The number of amidine groups is 1. The predicted molar refractivity (Wildman–Crippen MR) is 60.7 cm³/mol. The van der Waals surface area contributed by atoms with E-state index in [2.05, 4.69) is 18.7 Å². The molecule has 76 valence electrons. The zero-order valence-electron chi connectivity index (χ0n) is 8.68. The lowest BCUT2D eigenvalue weighted by Gasteiger charge is -2.25. The normalized spacial score (nSPS) is 19.5. The molecule has 0 aliphatic carbocycles. The van der Waals surface area contributed by atoms with Gasteiger partial charge in [0.15, 0.2) is 0 Å². The van der Waals surface area contributed by atoms with Crippen LogP contribution in [0.15, 0.2) is 0 Å². The zero-order chi connectivity index (χ0) is 9.68. The first-order valence-electron chi connectivity index (χ1n) is 5.17. The Balaban J connectivity index is 2.22. The van der Waals surface area contributed by atoms with Crippen molar-refractivity contribution < 1.29 is 0 Å². The van der Waals surface area contributed by atoms with Crippen molar-refractivity contribution in [3.05, 3.63) is 0 Å². The van der Waals surface area contributed by atoms with E-state index in [1.165, 1.54) is 24.3 Å². The topological polar surface area (TPSA) is 27.1 Å². The first kappa shape index (κ1) is 10.9. The van der Waals surface area contributed by atoms with E-state index in [-0.39, 0.29) is 0 Å². The number of thioether (sulfide) groups is 1. The highest BCUT2D eigenvalue weighted by Crippen LogP contribution is 2.17. The summed E-state index contributed by atoms with van der Waals surface area (Å²) in [6, 6.07) is 0.578. The fraction of sp³-hybridized carbons (Fsp3) is 0.900. The van der Waals surface area contributed by atoms with Gasteiger partial charge in [-0.2, -0.15) is 11.8 Å². The Morgan fingerprint density at radius 1 is 1.62 bits per heavy atom. The first-order valence-corrected chi connectivity index (χ1v) is 6.33. The van der Waals surface area contributed by atoms with Crippen molar-refractivity contribution in [2.75, 3.05) is 18.1 Å². The molecule has 0 radical (unpaired) electrons. The van der Waals surface area contributed by atoms with Crippen LogP contribution in [0.3, 0.4) is 0 Å². The van der Waals surface area contributed by atoms with E-state index in [1.54, 1.807) is 0 Å². The molecule has 2 nitrogen and oxygen atoms in total. The largest absolute Gasteiger partial charge is 0.358 e. The summed E-state index contributed by atoms with van der Waals surface area (Å²) in [5, 5.41) is 7.74. The molecule has 0 aromatic rings. The molecule has 1 atom stereocenters. The van der Waals surface area contributed by atoms with Gasteiger partial charge >= 0.3 is 0 Å². The number of nitrogens with one attached hydrogen (secondary N) is 1. The Hall–Kier alpha value is -0.180. The molecule has 1 saturated heterocycles.